The van der Waals surface area contributed by atoms with E-state index in [1.807, 2.05) is 0 Å². The van der Waals surface area contributed by atoms with Crippen LogP contribution in [0.5, 0.6) is 0 Å². The zero-order valence-corrected chi connectivity index (χ0v) is 15.1. The molecule has 1 atom stereocenters. The van der Waals surface area contributed by atoms with Gasteiger partial charge in [0.15, 0.2) is 0 Å². The average Bonchev–Trinajstić information content (AvgIpc) is 2.61. The maximum absolute atomic E-state index is 13.0. The van der Waals surface area contributed by atoms with Gasteiger partial charge in [-0.05, 0) is 38.6 Å². The molecule has 23 heavy (non-hydrogen) atoms. The molecule has 2 aliphatic rings. The predicted molar refractivity (Wildman–Crippen MR) is 93.6 cm³/mol. The molecule has 0 bridgehead atoms. The van der Waals surface area contributed by atoms with E-state index in [1.54, 1.807) is 0 Å². The number of hydrogen-bond acceptors (Lipinski definition) is 4. The van der Waals surface area contributed by atoms with Crippen molar-refractivity contribution < 1.29 is 9.53 Å². The number of piperidine rings is 1. The molecule has 2 saturated heterocycles. The van der Waals surface area contributed by atoms with Gasteiger partial charge in [-0.25, -0.2) is 0 Å². The summed E-state index contributed by atoms with van der Waals surface area (Å²) in [5, 5.41) is 3.46. The third-order valence-electron chi connectivity index (χ3n) is 5.31. The molecule has 0 spiro atoms. The maximum Gasteiger partial charge on any atom is 0.225 e. The molecule has 1 unspecified atom stereocenters. The van der Waals surface area contributed by atoms with Gasteiger partial charge in [-0.2, -0.15) is 0 Å². The zero-order chi connectivity index (χ0) is 16.5. The smallest absolute Gasteiger partial charge is 0.225 e. The van der Waals surface area contributed by atoms with Crippen molar-refractivity contribution in [2.75, 3.05) is 52.5 Å². The number of morpholine rings is 1. The normalized spacial score (nSPS) is 23.2. The van der Waals surface area contributed by atoms with E-state index in [0.717, 1.165) is 78.2 Å². The highest BCUT2D eigenvalue weighted by atomic mass is 16.5. The van der Waals surface area contributed by atoms with Crippen LogP contribution in [-0.2, 0) is 9.53 Å². The summed E-state index contributed by atoms with van der Waals surface area (Å²) >= 11 is 0. The van der Waals surface area contributed by atoms with Crippen LogP contribution in [0.4, 0.5) is 0 Å². The first kappa shape index (κ1) is 18.7. The minimum Gasteiger partial charge on any atom is -0.379 e. The summed E-state index contributed by atoms with van der Waals surface area (Å²) in [6.07, 6.45) is 5.31. The first-order valence-corrected chi connectivity index (χ1v) is 9.57. The fourth-order valence-electron chi connectivity index (χ4n) is 3.73. The van der Waals surface area contributed by atoms with Crippen LogP contribution in [0, 0.1) is 5.92 Å². The second-order valence-corrected chi connectivity index (χ2v) is 6.85. The van der Waals surface area contributed by atoms with Gasteiger partial charge in [0, 0.05) is 44.7 Å². The van der Waals surface area contributed by atoms with Crippen molar-refractivity contribution in [1.29, 1.82) is 0 Å². The van der Waals surface area contributed by atoms with E-state index in [2.05, 4.69) is 29.0 Å². The summed E-state index contributed by atoms with van der Waals surface area (Å²) in [5.41, 5.74) is 0. The van der Waals surface area contributed by atoms with Crippen molar-refractivity contribution in [2.45, 2.75) is 52.0 Å². The van der Waals surface area contributed by atoms with E-state index in [-0.39, 0.29) is 5.92 Å². The lowest BCUT2D eigenvalue weighted by Gasteiger charge is -2.37. The second kappa shape index (κ2) is 10.3. The van der Waals surface area contributed by atoms with E-state index in [1.165, 1.54) is 6.42 Å². The lowest BCUT2D eigenvalue weighted by atomic mass is 9.98. The quantitative estimate of drug-likeness (QED) is 0.738. The summed E-state index contributed by atoms with van der Waals surface area (Å²) in [5.74, 6) is 0.575. The van der Waals surface area contributed by atoms with Gasteiger partial charge in [0.2, 0.25) is 5.91 Å². The summed E-state index contributed by atoms with van der Waals surface area (Å²) < 4.78 is 5.41. The molecule has 2 aliphatic heterocycles. The molecular weight excluding hydrogens is 290 g/mol. The van der Waals surface area contributed by atoms with E-state index in [0.29, 0.717) is 11.9 Å². The monoisotopic (exact) mass is 325 g/mol. The number of hydrogen-bond donors (Lipinski definition) is 1. The van der Waals surface area contributed by atoms with Gasteiger partial charge in [-0.15, -0.1) is 0 Å². The summed E-state index contributed by atoms with van der Waals surface area (Å²) in [6.45, 7) is 12.1. The van der Waals surface area contributed by atoms with E-state index in [9.17, 15) is 4.79 Å². The Balaban J connectivity index is 1.87. The molecule has 1 amide bonds. The van der Waals surface area contributed by atoms with Crippen molar-refractivity contribution in [3.05, 3.63) is 0 Å². The first-order chi connectivity index (χ1) is 11.3. The lowest BCUT2D eigenvalue weighted by Crippen LogP contribution is -2.51. The Bertz CT molecular complexity index is 335. The van der Waals surface area contributed by atoms with Gasteiger partial charge in [-0.1, -0.05) is 13.8 Å². The minimum absolute atomic E-state index is 0.195. The molecule has 0 aromatic rings. The Morgan fingerprint density at radius 3 is 2.65 bits per heavy atom. The molecule has 5 nitrogen and oxygen atoms in total. The van der Waals surface area contributed by atoms with Gasteiger partial charge in [0.25, 0.3) is 0 Å². The Morgan fingerprint density at radius 1 is 1.30 bits per heavy atom. The number of ether oxygens (including phenoxy) is 1. The number of rotatable bonds is 8. The van der Waals surface area contributed by atoms with Gasteiger partial charge in [-0.3, -0.25) is 9.69 Å². The van der Waals surface area contributed by atoms with Crippen LogP contribution in [0.25, 0.3) is 0 Å². The molecule has 0 saturated carbocycles. The van der Waals surface area contributed by atoms with E-state index >= 15 is 0 Å². The standard InChI is InChI=1S/C18H35N3O2/c1-3-16(4-2)18(22)21(17-7-5-8-19-15-17)10-6-9-20-11-13-23-14-12-20/h16-17,19H,3-15H2,1-2H3. The first-order valence-electron chi connectivity index (χ1n) is 9.57. The number of carbonyl (C=O) groups is 1. The molecule has 0 aliphatic carbocycles. The van der Waals surface area contributed by atoms with Crippen LogP contribution in [0.1, 0.15) is 46.0 Å². The second-order valence-electron chi connectivity index (χ2n) is 6.85. The lowest BCUT2D eigenvalue weighted by molar-refractivity contribution is -0.138. The Hall–Kier alpha value is -0.650. The minimum atomic E-state index is 0.195. The molecule has 2 fully saturated rings. The van der Waals surface area contributed by atoms with Crippen molar-refractivity contribution in [3.8, 4) is 0 Å². The summed E-state index contributed by atoms with van der Waals surface area (Å²) in [4.78, 5) is 17.6. The van der Waals surface area contributed by atoms with Crippen LogP contribution >= 0.6 is 0 Å². The molecule has 1 N–H and O–H groups in total. The summed E-state index contributed by atoms with van der Waals surface area (Å²) in [6, 6.07) is 0.390. The highest BCUT2D eigenvalue weighted by molar-refractivity contribution is 5.79. The molecule has 0 aromatic heterocycles. The van der Waals surface area contributed by atoms with Crippen LogP contribution in [-0.4, -0.2) is 74.2 Å². The molecule has 5 heteroatoms. The SMILES string of the molecule is CCC(CC)C(=O)N(CCCN1CCOCC1)C1CCCNC1. The van der Waals surface area contributed by atoms with Gasteiger partial charge in [0.1, 0.15) is 0 Å². The third-order valence-corrected chi connectivity index (χ3v) is 5.31. The zero-order valence-electron chi connectivity index (χ0n) is 15.1. The van der Waals surface area contributed by atoms with Crippen LogP contribution in [0.3, 0.4) is 0 Å². The number of carbonyl (C=O) groups excluding carboxylic acids is 1. The summed E-state index contributed by atoms with van der Waals surface area (Å²) in [7, 11) is 0. The molecule has 134 valence electrons. The number of nitrogens with zero attached hydrogens (tertiary/aromatic N) is 2. The molecule has 0 radical (unpaired) electrons. The van der Waals surface area contributed by atoms with Crippen molar-refractivity contribution in [3.63, 3.8) is 0 Å². The largest absolute Gasteiger partial charge is 0.379 e. The molecule has 2 heterocycles. The van der Waals surface area contributed by atoms with Crippen LogP contribution < -0.4 is 5.32 Å². The highest BCUT2D eigenvalue weighted by Gasteiger charge is 2.28. The average molecular weight is 325 g/mol. The fraction of sp³-hybridized carbons (Fsp3) is 0.944. The molecule has 0 aromatic carbocycles. The Labute approximate surface area is 141 Å². The van der Waals surface area contributed by atoms with Crippen LogP contribution in [0.2, 0.25) is 0 Å². The van der Waals surface area contributed by atoms with Crippen LogP contribution in [0.15, 0.2) is 0 Å². The highest BCUT2D eigenvalue weighted by Crippen LogP contribution is 2.18. The topological polar surface area (TPSA) is 44.8 Å². The van der Waals surface area contributed by atoms with Crippen molar-refractivity contribution in [1.82, 2.24) is 15.1 Å². The van der Waals surface area contributed by atoms with Gasteiger partial charge in [0.05, 0.1) is 13.2 Å². The van der Waals surface area contributed by atoms with Crippen molar-refractivity contribution in [2.24, 2.45) is 5.92 Å². The maximum atomic E-state index is 13.0. The predicted octanol–water partition coefficient (Wildman–Crippen LogP) is 1.73. The molecule has 2 rings (SSSR count). The number of nitrogens with one attached hydrogen (secondary N) is 1. The van der Waals surface area contributed by atoms with Crippen molar-refractivity contribution >= 4 is 5.91 Å². The molecular formula is C18H35N3O2. The Kier molecular flexibility index (Phi) is 8.34. The Morgan fingerprint density at radius 2 is 2.04 bits per heavy atom. The third kappa shape index (κ3) is 5.73. The van der Waals surface area contributed by atoms with E-state index in [4.69, 9.17) is 4.74 Å². The van der Waals surface area contributed by atoms with Gasteiger partial charge < -0.3 is 15.0 Å². The van der Waals surface area contributed by atoms with E-state index < -0.39 is 0 Å². The van der Waals surface area contributed by atoms with Gasteiger partial charge >= 0.3 is 0 Å². The number of amides is 1. The fourth-order valence-corrected chi connectivity index (χ4v) is 3.73.